The summed E-state index contributed by atoms with van der Waals surface area (Å²) in [6.07, 6.45) is 1.36. The zero-order valence-electron chi connectivity index (χ0n) is 12.1. The van der Waals surface area contributed by atoms with Crippen molar-refractivity contribution in [3.05, 3.63) is 46.8 Å². The SMILES string of the molecule is CC(=O)CCc1ccc(OCc2c(C)noc2C)cc1. The van der Waals surface area contributed by atoms with Crippen molar-refractivity contribution < 1.29 is 14.1 Å². The second-order valence-corrected chi connectivity index (χ2v) is 4.94. The highest BCUT2D eigenvalue weighted by Crippen LogP contribution is 2.18. The van der Waals surface area contributed by atoms with Crippen LogP contribution in [-0.4, -0.2) is 10.9 Å². The fourth-order valence-electron chi connectivity index (χ4n) is 1.94. The molecule has 0 aliphatic heterocycles. The van der Waals surface area contributed by atoms with Gasteiger partial charge >= 0.3 is 0 Å². The zero-order chi connectivity index (χ0) is 14.5. The van der Waals surface area contributed by atoms with Crippen LogP contribution in [0, 0.1) is 13.8 Å². The predicted molar refractivity (Wildman–Crippen MR) is 75.8 cm³/mol. The van der Waals surface area contributed by atoms with Crippen LogP contribution in [0.25, 0.3) is 0 Å². The number of hydrogen-bond donors (Lipinski definition) is 0. The third-order valence-corrected chi connectivity index (χ3v) is 3.25. The van der Waals surface area contributed by atoms with Gasteiger partial charge in [-0.2, -0.15) is 0 Å². The monoisotopic (exact) mass is 273 g/mol. The van der Waals surface area contributed by atoms with Crippen molar-refractivity contribution in [3.63, 3.8) is 0 Å². The molecule has 20 heavy (non-hydrogen) atoms. The van der Waals surface area contributed by atoms with Crippen LogP contribution in [0.3, 0.4) is 0 Å². The molecule has 4 nitrogen and oxygen atoms in total. The van der Waals surface area contributed by atoms with E-state index in [2.05, 4.69) is 5.16 Å². The van der Waals surface area contributed by atoms with Crippen LogP contribution in [0.1, 0.15) is 35.9 Å². The number of ether oxygens (including phenoxy) is 1. The van der Waals surface area contributed by atoms with E-state index in [4.69, 9.17) is 9.26 Å². The maximum absolute atomic E-state index is 10.9. The smallest absolute Gasteiger partial charge is 0.140 e. The molecule has 0 spiro atoms. The first-order chi connectivity index (χ1) is 9.56. The summed E-state index contributed by atoms with van der Waals surface area (Å²) < 4.78 is 10.8. The van der Waals surface area contributed by atoms with Gasteiger partial charge in [0.25, 0.3) is 0 Å². The number of rotatable bonds is 6. The number of carbonyl (C=O) groups excluding carboxylic acids is 1. The van der Waals surface area contributed by atoms with Crippen molar-refractivity contribution >= 4 is 5.78 Å². The second kappa shape index (κ2) is 6.37. The molecule has 0 saturated heterocycles. The molecule has 0 bridgehead atoms. The summed E-state index contributed by atoms with van der Waals surface area (Å²) >= 11 is 0. The number of Topliss-reactive ketones (excluding diaryl/α,β-unsaturated/α-hetero) is 1. The quantitative estimate of drug-likeness (QED) is 0.809. The average Bonchev–Trinajstić information content (AvgIpc) is 2.75. The molecule has 0 fully saturated rings. The van der Waals surface area contributed by atoms with Crippen molar-refractivity contribution in [2.75, 3.05) is 0 Å². The summed E-state index contributed by atoms with van der Waals surface area (Å²) in [5.74, 6) is 1.81. The minimum absolute atomic E-state index is 0.212. The molecule has 0 amide bonds. The highest BCUT2D eigenvalue weighted by Gasteiger charge is 2.09. The van der Waals surface area contributed by atoms with Crippen LogP contribution >= 0.6 is 0 Å². The molecule has 106 valence electrons. The Morgan fingerprint density at radius 1 is 1.25 bits per heavy atom. The van der Waals surface area contributed by atoms with Gasteiger partial charge in [-0.3, -0.25) is 0 Å². The van der Waals surface area contributed by atoms with Crippen molar-refractivity contribution in [3.8, 4) is 5.75 Å². The lowest BCUT2D eigenvalue weighted by atomic mass is 10.1. The van der Waals surface area contributed by atoms with Crippen molar-refractivity contribution in [1.82, 2.24) is 5.16 Å². The minimum atomic E-state index is 0.212. The molecule has 1 heterocycles. The maximum Gasteiger partial charge on any atom is 0.140 e. The topological polar surface area (TPSA) is 52.3 Å². The van der Waals surface area contributed by atoms with Gasteiger partial charge in [0.2, 0.25) is 0 Å². The molecule has 0 aliphatic rings. The molecule has 2 rings (SSSR count). The number of aryl methyl sites for hydroxylation is 3. The normalized spacial score (nSPS) is 10.6. The van der Waals surface area contributed by atoms with Crippen LogP contribution < -0.4 is 4.74 Å². The Kier molecular flexibility index (Phi) is 4.56. The van der Waals surface area contributed by atoms with Gasteiger partial charge in [0.15, 0.2) is 0 Å². The number of benzene rings is 1. The number of ketones is 1. The zero-order valence-corrected chi connectivity index (χ0v) is 12.1. The first-order valence-electron chi connectivity index (χ1n) is 6.69. The number of hydrogen-bond acceptors (Lipinski definition) is 4. The average molecular weight is 273 g/mol. The predicted octanol–water partition coefficient (Wildman–Crippen LogP) is 3.39. The molecule has 0 N–H and O–H groups in total. The molecule has 4 heteroatoms. The maximum atomic E-state index is 10.9. The van der Waals surface area contributed by atoms with E-state index < -0.39 is 0 Å². The van der Waals surface area contributed by atoms with Crippen LogP contribution in [0.2, 0.25) is 0 Å². The van der Waals surface area contributed by atoms with Crippen LogP contribution in [-0.2, 0) is 17.8 Å². The van der Waals surface area contributed by atoms with Crippen LogP contribution in [0.4, 0.5) is 0 Å². The van der Waals surface area contributed by atoms with E-state index >= 15 is 0 Å². The minimum Gasteiger partial charge on any atom is -0.489 e. The van der Waals surface area contributed by atoms with Gasteiger partial charge in [0.05, 0.1) is 11.3 Å². The summed E-state index contributed by atoms with van der Waals surface area (Å²) in [5.41, 5.74) is 3.00. The first kappa shape index (κ1) is 14.3. The Balaban J connectivity index is 1.92. The van der Waals surface area contributed by atoms with E-state index in [1.165, 1.54) is 0 Å². The first-order valence-corrected chi connectivity index (χ1v) is 6.69. The molecule has 1 aromatic carbocycles. The molecule has 0 unspecified atom stereocenters. The van der Waals surface area contributed by atoms with Gasteiger partial charge in [-0.05, 0) is 44.9 Å². The van der Waals surface area contributed by atoms with E-state index in [1.807, 2.05) is 38.1 Å². The Morgan fingerprint density at radius 2 is 1.95 bits per heavy atom. The summed E-state index contributed by atoms with van der Waals surface area (Å²) in [6, 6.07) is 7.83. The van der Waals surface area contributed by atoms with Gasteiger partial charge in [-0.25, -0.2) is 0 Å². The van der Waals surface area contributed by atoms with Gasteiger partial charge in [0, 0.05) is 6.42 Å². The Bertz CT molecular complexity index is 565. The Hall–Kier alpha value is -2.10. The molecular weight excluding hydrogens is 254 g/mol. The molecule has 0 saturated carbocycles. The fourth-order valence-corrected chi connectivity index (χ4v) is 1.94. The molecule has 1 aromatic heterocycles. The van der Waals surface area contributed by atoms with Crippen LogP contribution in [0.5, 0.6) is 5.75 Å². The van der Waals surface area contributed by atoms with Gasteiger partial charge in [-0.15, -0.1) is 0 Å². The third kappa shape index (κ3) is 3.70. The van der Waals surface area contributed by atoms with E-state index in [0.717, 1.165) is 34.8 Å². The molecule has 0 atom stereocenters. The van der Waals surface area contributed by atoms with Gasteiger partial charge in [-0.1, -0.05) is 17.3 Å². The van der Waals surface area contributed by atoms with E-state index in [1.54, 1.807) is 6.92 Å². The molecule has 0 aliphatic carbocycles. The second-order valence-electron chi connectivity index (χ2n) is 4.94. The summed E-state index contributed by atoms with van der Waals surface area (Å²) in [5, 5.41) is 3.90. The van der Waals surface area contributed by atoms with Crippen molar-refractivity contribution in [1.29, 1.82) is 0 Å². The summed E-state index contributed by atoms with van der Waals surface area (Å²) in [4.78, 5) is 10.9. The Morgan fingerprint density at radius 3 is 2.50 bits per heavy atom. The number of nitrogens with zero attached hydrogens (tertiary/aromatic N) is 1. The summed E-state index contributed by atoms with van der Waals surface area (Å²) in [6.45, 7) is 5.85. The number of aromatic nitrogens is 1. The highest BCUT2D eigenvalue weighted by atomic mass is 16.5. The summed E-state index contributed by atoms with van der Waals surface area (Å²) in [7, 11) is 0. The fraction of sp³-hybridized carbons (Fsp3) is 0.375. The molecule has 2 aromatic rings. The van der Waals surface area contributed by atoms with E-state index in [0.29, 0.717) is 13.0 Å². The van der Waals surface area contributed by atoms with E-state index in [9.17, 15) is 4.79 Å². The lowest BCUT2D eigenvalue weighted by molar-refractivity contribution is -0.116. The molecular formula is C16H19NO3. The van der Waals surface area contributed by atoms with Crippen molar-refractivity contribution in [2.45, 2.75) is 40.2 Å². The van der Waals surface area contributed by atoms with Crippen LogP contribution in [0.15, 0.2) is 28.8 Å². The van der Waals surface area contributed by atoms with Gasteiger partial charge < -0.3 is 14.1 Å². The highest BCUT2D eigenvalue weighted by molar-refractivity contribution is 5.75. The largest absolute Gasteiger partial charge is 0.489 e. The lowest BCUT2D eigenvalue weighted by Crippen LogP contribution is -1.98. The van der Waals surface area contributed by atoms with Crippen molar-refractivity contribution in [2.24, 2.45) is 0 Å². The number of carbonyl (C=O) groups is 1. The Labute approximate surface area is 118 Å². The van der Waals surface area contributed by atoms with Gasteiger partial charge in [0.1, 0.15) is 23.9 Å². The van der Waals surface area contributed by atoms with E-state index in [-0.39, 0.29) is 5.78 Å². The standard InChI is InChI=1S/C16H19NO3/c1-11(18)4-5-14-6-8-15(9-7-14)19-10-16-12(2)17-20-13(16)3/h6-9H,4-5,10H2,1-3H3. The third-order valence-electron chi connectivity index (χ3n) is 3.25. The lowest BCUT2D eigenvalue weighted by Gasteiger charge is -2.07. The molecule has 0 radical (unpaired) electrons.